The highest BCUT2D eigenvalue weighted by atomic mass is 16.1. The molecule has 0 spiro atoms. The molecule has 0 saturated heterocycles. The molecule has 4 heteroatoms. The number of rotatable bonds is 4. The number of benzene rings is 1. The van der Waals surface area contributed by atoms with E-state index in [9.17, 15) is 4.79 Å². The van der Waals surface area contributed by atoms with E-state index in [0.29, 0.717) is 5.82 Å². The summed E-state index contributed by atoms with van der Waals surface area (Å²) in [4.78, 5) is 16.4. The highest BCUT2D eigenvalue weighted by molar-refractivity contribution is 5.98. The molecule has 0 aliphatic rings. The van der Waals surface area contributed by atoms with Crippen molar-refractivity contribution in [2.75, 3.05) is 6.54 Å². The SMILES string of the molecule is Cn1ccnc1C(=O)C(CN)c1ccccc1. The van der Waals surface area contributed by atoms with Crippen LogP contribution in [0.5, 0.6) is 0 Å². The van der Waals surface area contributed by atoms with Gasteiger partial charge in [0.05, 0.1) is 5.92 Å². The maximum Gasteiger partial charge on any atom is 0.206 e. The number of carbonyl (C=O) groups excluding carboxylic acids is 1. The second-order valence-corrected chi connectivity index (χ2v) is 3.92. The Kier molecular flexibility index (Phi) is 3.35. The van der Waals surface area contributed by atoms with Crippen molar-refractivity contribution >= 4 is 5.78 Å². The molecule has 1 unspecified atom stereocenters. The van der Waals surface area contributed by atoms with Crippen molar-refractivity contribution < 1.29 is 4.79 Å². The van der Waals surface area contributed by atoms with E-state index in [1.54, 1.807) is 24.0 Å². The molecule has 4 nitrogen and oxygen atoms in total. The summed E-state index contributed by atoms with van der Waals surface area (Å²) in [5.41, 5.74) is 6.64. The molecule has 0 saturated carbocycles. The van der Waals surface area contributed by atoms with Crippen LogP contribution in [-0.4, -0.2) is 21.9 Å². The van der Waals surface area contributed by atoms with Crippen molar-refractivity contribution in [3.05, 3.63) is 54.1 Å². The summed E-state index contributed by atoms with van der Waals surface area (Å²) in [7, 11) is 1.80. The number of carbonyl (C=O) groups is 1. The first-order valence-corrected chi connectivity index (χ1v) is 5.50. The number of hydrogen-bond donors (Lipinski definition) is 1. The Morgan fingerprint density at radius 3 is 2.65 bits per heavy atom. The second kappa shape index (κ2) is 4.93. The molecule has 2 aromatic rings. The van der Waals surface area contributed by atoms with Gasteiger partial charge >= 0.3 is 0 Å². The predicted octanol–water partition coefficient (Wildman–Crippen LogP) is 1.35. The number of ketones is 1. The number of hydrogen-bond acceptors (Lipinski definition) is 3. The lowest BCUT2D eigenvalue weighted by molar-refractivity contribution is 0.0949. The molecule has 0 fully saturated rings. The molecule has 0 aliphatic heterocycles. The maximum atomic E-state index is 12.3. The zero-order valence-electron chi connectivity index (χ0n) is 9.71. The lowest BCUT2D eigenvalue weighted by Gasteiger charge is -2.13. The summed E-state index contributed by atoms with van der Waals surface area (Å²) < 4.78 is 1.72. The fraction of sp³-hybridized carbons (Fsp3) is 0.231. The number of nitrogens with zero attached hydrogens (tertiary/aromatic N) is 2. The van der Waals surface area contributed by atoms with E-state index < -0.39 is 0 Å². The highest BCUT2D eigenvalue weighted by Crippen LogP contribution is 2.18. The summed E-state index contributed by atoms with van der Waals surface area (Å²) in [5.74, 6) is 0.0906. The predicted molar refractivity (Wildman–Crippen MR) is 65.8 cm³/mol. The van der Waals surface area contributed by atoms with Crippen molar-refractivity contribution in [3.8, 4) is 0 Å². The molecule has 1 aromatic heterocycles. The zero-order valence-corrected chi connectivity index (χ0v) is 9.71. The van der Waals surface area contributed by atoms with Crippen LogP contribution in [0.3, 0.4) is 0 Å². The topological polar surface area (TPSA) is 60.9 Å². The van der Waals surface area contributed by atoms with Crippen LogP contribution in [0, 0.1) is 0 Å². The highest BCUT2D eigenvalue weighted by Gasteiger charge is 2.23. The average molecular weight is 229 g/mol. The minimum atomic E-state index is -0.322. The number of aryl methyl sites for hydroxylation is 1. The van der Waals surface area contributed by atoms with E-state index in [1.165, 1.54) is 0 Å². The molecular weight excluding hydrogens is 214 g/mol. The summed E-state index contributed by atoms with van der Waals surface area (Å²) >= 11 is 0. The van der Waals surface area contributed by atoms with Crippen LogP contribution in [-0.2, 0) is 7.05 Å². The molecule has 1 heterocycles. The number of imidazole rings is 1. The van der Waals surface area contributed by atoms with Crippen molar-refractivity contribution in [1.82, 2.24) is 9.55 Å². The first-order chi connectivity index (χ1) is 8.24. The number of aromatic nitrogens is 2. The van der Waals surface area contributed by atoms with E-state index >= 15 is 0 Å². The van der Waals surface area contributed by atoms with Gasteiger partial charge in [0.2, 0.25) is 5.78 Å². The first kappa shape index (κ1) is 11.5. The van der Waals surface area contributed by atoms with Crippen LogP contribution in [0.2, 0.25) is 0 Å². The number of nitrogens with two attached hydrogens (primary N) is 1. The zero-order chi connectivity index (χ0) is 12.3. The fourth-order valence-electron chi connectivity index (χ4n) is 1.84. The molecule has 0 amide bonds. The molecule has 0 aliphatic carbocycles. The Balaban J connectivity index is 2.32. The van der Waals surface area contributed by atoms with E-state index in [4.69, 9.17) is 5.73 Å². The third-order valence-electron chi connectivity index (χ3n) is 2.80. The summed E-state index contributed by atoms with van der Waals surface area (Å²) in [6.45, 7) is 0.287. The normalized spacial score (nSPS) is 12.4. The standard InChI is InChI=1S/C13H15N3O/c1-16-8-7-15-13(16)12(17)11(9-14)10-5-3-2-4-6-10/h2-8,11H,9,14H2,1H3. The minimum Gasteiger partial charge on any atom is -0.332 e. The molecule has 2 rings (SSSR count). The summed E-state index contributed by atoms with van der Waals surface area (Å²) in [6.07, 6.45) is 3.37. The quantitative estimate of drug-likeness (QED) is 0.805. The molecule has 0 bridgehead atoms. The molecule has 1 aromatic carbocycles. The summed E-state index contributed by atoms with van der Waals surface area (Å²) in [5, 5.41) is 0. The van der Waals surface area contributed by atoms with Gasteiger partial charge in [0.25, 0.3) is 0 Å². The molecule has 0 radical (unpaired) electrons. The van der Waals surface area contributed by atoms with Crippen LogP contribution in [0.15, 0.2) is 42.7 Å². The van der Waals surface area contributed by atoms with Gasteiger partial charge in [-0.15, -0.1) is 0 Å². The lowest BCUT2D eigenvalue weighted by atomic mass is 9.94. The number of Topliss-reactive ketones (excluding diaryl/α,β-unsaturated/α-hetero) is 1. The molecule has 2 N–H and O–H groups in total. The van der Waals surface area contributed by atoms with Crippen molar-refractivity contribution in [3.63, 3.8) is 0 Å². The minimum absolute atomic E-state index is 0.0359. The molecule has 17 heavy (non-hydrogen) atoms. The monoisotopic (exact) mass is 229 g/mol. The first-order valence-electron chi connectivity index (χ1n) is 5.50. The van der Waals surface area contributed by atoms with Gasteiger partial charge in [0, 0.05) is 26.0 Å². The Bertz CT molecular complexity index is 504. The van der Waals surface area contributed by atoms with Crippen LogP contribution in [0.25, 0.3) is 0 Å². The third-order valence-corrected chi connectivity index (χ3v) is 2.80. The van der Waals surface area contributed by atoms with Gasteiger partial charge < -0.3 is 10.3 Å². The van der Waals surface area contributed by atoms with Crippen molar-refractivity contribution in [1.29, 1.82) is 0 Å². The molecule has 1 atom stereocenters. The van der Waals surface area contributed by atoms with E-state index in [1.807, 2.05) is 30.3 Å². The van der Waals surface area contributed by atoms with E-state index in [-0.39, 0.29) is 18.2 Å². The third kappa shape index (κ3) is 2.26. The Morgan fingerprint density at radius 2 is 2.12 bits per heavy atom. The smallest absolute Gasteiger partial charge is 0.206 e. The van der Waals surface area contributed by atoms with Gasteiger partial charge in [-0.2, -0.15) is 0 Å². The average Bonchev–Trinajstić information content (AvgIpc) is 2.77. The van der Waals surface area contributed by atoms with Crippen LogP contribution < -0.4 is 5.73 Å². The van der Waals surface area contributed by atoms with Crippen LogP contribution >= 0.6 is 0 Å². The van der Waals surface area contributed by atoms with Gasteiger partial charge in [-0.25, -0.2) is 4.98 Å². The lowest BCUT2D eigenvalue weighted by Crippen LogP contribution is -2.24. The largest absolute Gasteiger partial charge is 0.332 e. The second-order valence-electron chi connectivity index (χ2n) is 3.92. The Morgan fingerprint density at radius 1 is 1.41 bits per heavy atom. The molecular formula is C13H15N3O. The fourth-order valence-corrected chi connectivity index (χ4v) is 1.84. The van der Waals surface area contributed by atoms with Crippen molar-refractivity contribution in [2.45, 2.75) is 5.92 Å². The van der Waals surface area contributed by atoms with Gasteiger partial charge in [-0.3, -0.25) is 4.79 Å². The molecule has 88 valence electrons. The summed E-state index contributed by atoms with van der Waals surface area (Å²) in [6, 6.07) is 9.56. The van der Waals surface area contributed by atoms with E-state index in [0.717, 1.165) is 5.56 Å². The van der Waals surface area contributed by atoms with Gasteiger partial charge in [0.1, 0.15) is 0 Å². The van der Waals surface area contributed by atoms with Crippen LogP contribution in [0.1, 0.15) is 22.1 Å². The van der Waals surface area contributed by atoms with Gasteiger partial charge in [-0.05, 0) is 5.56 Å². The van der Waals surface area contributed by atoms with Gasteiger partial charge in [-0.1, -0.05) is 30.3 Å². The van der Waals surface area contributed by atoms with Gasteiger partial charge in [0.15, 0.2) is 5.82 Å². The Labute approximate surface area is 100 Å². The maximum absolute atomic E-state index is 12.3. The van der Waals surface area contributed by atoms with Crippen LogP contribution in [0.4, 0.5) is 0 Å². The van der Waals surface area contributed by atoms with Crippen molar-refractivity contribution in [2.24, 2.45) is 12.8 Å². The van der Waals surface area contributed by atoms with E-state index in [2.05, 4.69) is 4.98 Å². The Hall–Kier alpha value is -1.94.